The molecular weight excluding hydrogens is 348 g/mol. The average Bonchev–Trinajstić information content (AvgIpc) is 2.39. The fourth-order valence-electron chi connectivity index (χ4n) is 1.30. The molecule has 5 heteroatoms. The van der Waals surface area contributed by atoms with E-state index in [0.717, 1.165) is 21.1 Å². The number of ether oxygens (including phenoxy) is 1. The Kier molecular flexibility index (Phi) is 4.50. The number of benzene rings is 1. The summed E-state index contributed by atoms with van der Waals surface area (Å²) in [6.45, 7) is 0.379. The van der Waals surface area contributed by atoms with E-state index in [0.29, 0.717) is 12.4 Å². The SMILES string of the molecule is BrCc1cc(OCc2ncccn2)ccc1Br. The first-order chi connectivity index (χ1) is 8.29. The lowest BCUT2D eigenvalue weighted by Gasteiger charge is -2.07. The van der Waals surface area contributed by atoms with Gasteiger partial charge in [-0.3, -0.25) is 0 Å². The van der Waals surface area contributed by atoms with Crippen molar-refractivity contribution in [2.75, 3.05) is 0 Å². The highest BCUT2D eigenvalue weighted by Gasteiger charge is 2.02. The van der Waals surface area contributed by atoms with Crippen molar-refractivity contribution in [1.29, 1.82) is 0 Å². The summed E-state index contributed by atoms with van der Waals surface area (Å²) in [4.78, 5) is 8.20. The Morgan fingerprint density at radius 3 is 2.65 bits per heavy atom. The van der Waals surface area contributed by atoms with Crippen LogP contribution >= 0.6 is 31.9 Å². The van der Waals surface area contributed by atoms with Crippen LogP contribution in [-0.2, 0) is 11.9 Å². The van der Waals surface area contributed by atoms with Gasteiger partial charge in [-0.05, 0) is 29.8 Å². The largest absolute Gasteiger partial charge is 0.486 e. The summed E-state index contributed by atoms with van der Waals surface area (Å²) in [5.41, 5.74) is 1.15. The van der Waals surface area contributed by atoms with E-state index in [1.54, 1.807) is 18.5 Å². The molecule has 3 nitrogen and oxygen atoms in total. The van der Waals surface area contributed by atoms with Crippen LogP contribution in [0, 0.1) is 0 Å². The molecule has 1 aromatic heterocycles. The minimum atomic E-state index is 0.379. The monoisotopic (exact) mass is 356 g/mol. The van der Waals surface area contributed by atoms with Gasteiger partial charge in [-0.1, -0.05) is 31.9 Å². The zero-order chi connectivity index (χ0) is 12.1. The molecule has 0 radical (unpaired) electrons. The Labute approximate surface area is 117 Å². The Balaban J connectivity index is 2.04. The maximum absolute atomic E-state index is 5.62. The van der Waals surface area contributed by atoms with E-state index < -0.39 is 0 Å². The minimum Gasteiger partial charge on any atom is -0.486 e. The average molecular weight is 358 g/mol. The van der Waals surface area contributed by atoms with E-state index in [-0.39, 0.29) is 0 Å². The van der Waals surface area contributed by atoms with Crippen molar-refractivity contribution in [3.05, 3.63) is 52.5 Å². The summed E-state index contributed by atoms with van der Waals surface area (Å²) >= 11 is 6.90. The molecule has 0 saturated carbocycles. The van der Waals surface area contributed by atoms with Gasteiger partial charge >= 0.3 is 0 Å². The van der Waals surface area contributed by atoms with Gasteiger partial charge in [0.1, 0.15) is 12.4 Å². The summed E-state index contributed by atoms with van der Waals surface area (Å²) in [6.07, 6.45) is 3.41. The van der Waals surface area contributed by atoms with Crippen LogP contribution in [0.25, 0.3) is 0 Å². The second-order valence-electron chi connectivity index (χ2n) is 3.34. The Morgan fingerprint density at radius 1 is 1.18 bits per heavy atom. The highest BCUT2D eigenvalue weighted by Crippen LogP contribution is 2.24. The number of hydrogen-bond acceptors (Lipinski definition) is 3. The minimum absolute atomic E-state index is 0.379. The number of nitrogens with zero attached hydrogens (tertiary/aromatic N) is 2. The van der Waals surface area contributed by atoms with E-state index in [1.165, 1.54) is 0 Å². The van der Waals surface area contributed by atoms with Crippen LogP contribution in [0.2, 0.25) is 0 Å². The van der Waals surface area contributed by atoms with Gasteiger partial charge in [0.05, 0.1) is 0 Å². The zero-order valence-electron chi connectivity index (χ0n) is 8.94. The molecule has 0 aliphatic heterocycles. The maximum Gasteiger partial charge on any atom is 0.166 e. The molecule has 1 heterocycles. The summed E-state index contributed by atoms with van der Waals surface area (Å²) < 4.78 is 6.69. The zero-order valence-corrected chi connectivity index (χ0v) is 12.1. The van der Waals surface area contributed by atoms with E-state index in [2.05, 4.69) is 41.8 Å². The van der Waals surface area contributed by atoms with Gasteiger partial charge in [-0.25, -0.2) is 9.97 Å². The van der Waals surface area contributed by atoms with Crippen LogP contribution in [0.5, 0.6) is 5.75 Å². The predicted molar refractivity (Wildman–Crippen MR) is 73.1 cm³/mol. The van der Waals surface area contributed by atoms with Gasteiger partial charge in [-0.15, -0.1) is 0 Å². The van der Waals surface area contributed by atoms with E-state index in [4.69, 9.17) is 4.74 Å². The molecule has 0 unspecified atom stereocenters. The molecule has 2 aromatic rings. The first kappa shape index (κ1) is 12.5. The number of halogens is 2. The van der Waals surface area contributed by atoms with Crippen molar-refractivity contribution in [2.45, 2.75) is 11.9 Å². The summed E-state index contributed by atoms with van der Waals surface area (Å²) in [6, 6.07) is 7.66. The van der Waals surface area contributed by atoms with Gasteiger partial charge < -0.3 is 4.74 Å². The summed E-state index contributed by atoms with van der Waals surface area (Å²) in [5, 5.41) is 0.784. The molecule has 0 aliphatic rings. The van der Waals surface area contributed by atoms with Crippen molar-refractivity contribution in [3.8, 4) is 5.75 Å². The van der Waals surface area contributed by atoms with Crippen molar-refractivity contribution >= 4 is 31.9 Å². The molecule has 0 atom stereocenters. The number of aromatic nitrogens is 2. The fourth-order valence-corrected chi connectivity index (χ4v) is 2.52. The summed E-state index contributed by atoms with van der Waals surface area (Å²) in [7, 11) is 0. The van der Waals surface area contributed by atoms with Crippen molar-refractivity contribution < 1.29 is 4.74 Å². The molecule has 0 saturated heterocycles. The molecule has 88 valence electrons. The van der Waals surface area contributed by atoms with Crippen molar-refractivity contribution in [1.82, 2.24) is 9.97 Å². The third kappa shape index (κ3) is 3.51. The lowest BCUT2D eigenvalue weighted by Crippen LogP contribution is -2.00. The fraction of sp³-hybridized carbons (Fsp3) is 0.167. The van der Waals surface area contributed by atoms with Gasteiger partial charge in [0, 0.05) is 22.2 Å². The number of alkyl halides is 1. The van der Waals surface area contributed by atoms with Gasteiger partial charge in [0.2, 0.25) is 0 Å². The lowest BCUT2D eigenvalue weighted by atomic mass is 10.2. The molecule has 2 rings (SSSR count). The summed E-state index contributed by atoms with van der Waals surface area (Å²) in [5.74, 6) is 1.49. The van der Waals surface area contributed by atoms with Crippen LogP contribution < -0.4 is 4.74 Å². The van der Waals surface area contributed by atoms with Crippen LogP contribution in [0.3, 0.4) is 0 Å². The van der Waals surface area contributed by atoms with Gasteiger partial charge in [0.15, 0.2) is 5.82 Å². The van der Waals surface area contributed by atoms with Crippen molar-refractivity contribution in [3.63, 3.8) is 0 Å². The number of rotatable bonds is 4. The molecule has 0 spiro atoms. The molecule has 17 heavy (non-hydrogen) atoms. The highest BCUT2D eigenvalue weighted by atomic mass is 79.9. The second kappa shape index (κ2) is 6.12. The Bertz CT molecular complexity index is 491. The highest BCUT2D eigenvalue weighted by molar-refractivity contribution is 9.10. The normalized spacial score (nSPS) is 10.2. The van der Waals surface area contributed by atoms with E-state index in [9.17, 15) is 0 Å². The van der Waals surface area contributed by atoms with Crippen LogP contribution in [0.4, 0.5) is 0 Å². The Hall–Kier alpha value is -0.940. The topological polar surface area (TPSA) is 35.0 Å². The first-order valence-corrected chi connectivity index (χ1v) is 6.94. The number of hydrogen-bond donors (Lipinski definition) is 0. The van der Waals surface area contributed by atoms with Crippen LogP contribution in [0.1, 0.15) is 11.4 Å². The maximum atomic E-state index is 5.62. The smallest absolute Gasteiger partial charge is 0.166 e. The molecule has 0 amide bonds. The Morgan fingerprint density at radius 2 is 1.94 bits per heavy atom. The molecule has 0 fully saturated rings. The lowest BCUT2D eigenvalue weighted by molar-refractivity contribution is 0.295. The molecule has 1 aromatic carbocycles. The molecule has 0 aliphatic carbocycles. The third-order valence-electron chi connectivity index (χ3n) is 2.15. The molecular formula is C12H10Br2N2O. The third-order valence-corrected chi connectivity index (χ3v) is 3.53. The van der Waals surface area contributed by atoms with E-state index >= 15 is 0 Å². The van der Waals surface area contributed by atoms with Crippen molar-refractivity contribution in [2.24, 2.45) is 0 Å². The van der Waals surface area contributed by atoms with Gasteiger partial charge in [-0.2, -0.15) is 0 Å². The quantitative estimate of drug-likeness (QED) is 0.782. The molecule has 0 N–H and O–H groups in total. The first-order valence-electron chi connectivity index (χ1n) is 5.02. The van der Waals surface area contributed by atoms with Crippen LogP contribution in [0.15, 0.2) is 41.1 Å². The predicted octanol–water partition coefficient (Wildman–Crippen LogP) is 3.71. The standard InChI is InChI=1S/C12H10Br2N2O/c13-7-9-6-10(2-3-11(9)14)17-8-12-15-4-1-5-16-12/h1-6H,7-8H2. The second-order valence-corrected chi connectivity index (χ2v) is 4.76. The van der Waals surface area contributed by atoms with Crippen LogP contribution in [-0.4, -0.2) is 9.97 Å². The molecule has 0 bridgehead atoms. The van der Waals surface area contributed by atoms with Gasteiger partial charge in [0.25, 0.3) is 0 Å². The van der Waals surface area contributed by atoms with E-state index in [1.807, 2.05) is 18.2 Å².